The molecule has 0 bridgehead atoms. The number of benzene rings is 2. The normalized spacial score (nSPS) is 20.7. The highest BCUT2D eigenvalue weighted by molar-refractivity contribution is 8.76. The van der Waals surface area contributed by atoms with E-state index in [4.69, 9.17) is 28.4 Å². The average molecular weight is 948 g/mol. The molecule has 4 amide bonds. The minimum atomic E-state index is -1.43. The molecule has 354 valence electrons. The molecule has 0 spiro atoms. The number of carbonyl (C=O) groups is 4. The zero-order valence-electron chi connectivity index (χ0n) is 38.0. The van der Waals surface area contributed by atoms with Crippen LogP contribution in [0.15, 0.2) is 78.0 Å². The first-order valence-corrected chi connectivity index (χ1v) is 23.9. The van der Waals surface area contributed by atoms with Gasteiger partial charge in [-0.15, -0.1) is 0 Å². The Balaban J connectivity index is 1.02. The molecule has 2 aromatic carbocycles. The van der Waals surface area contributed by atoms with E-state index in [0.29, 0.717) is 32.1 Å². The summed E-state index contributed by atoms with van der Waals surface area (Å²) in [7, 11) is 5.86. The first kappa shape index (κ1) is 48.3. The highest BCUT2D eigenvalue weighted by atomic mass is 33.1. The Hall–Kier alpha value is -5.63. The molecule has 0 aliphatic carbocycles. The number of methoxy groups -OCH3 is 2. The van der Waals surface area contributed by atoms with Gasteiger partial charge < -0.3 is 48.4 Å². The molecule has 4 aliphatic rings. The van der Waals surface area contributed by atoms with Crippen molar-refractivity contribution in [3.8, 4) is 23.0 Å². The van der Waals surface area contributed by atoms with Crippen molar-refractivity contribution in [2.24, 2.45) is 0 Å². The van der Waals surface area contributed by atoms with Gasteiger partial charge in [0.1, 0.15) is 17.2 Å². The van der Waals surface area contributed by atoms with E-state index < -0.39 is 42.3 Å². The van der Waals surface area contributed by atoms with Crippen LogP contribution in [-0.4, -0.2) is 132 Å². The van der Waals surface area contributed by atoms with Gasteiger partial charge in [-0.25, -0.2) is 24.4 Å². The van der Waals surface area contributed by atoms with Crippen LogP contribution in [0.5, 0.6) is 23.0 Å². The van der Waals surface area contributed by atoms with Crippen molar-refractivity contribution in [2.75, 3.05) is 56.9 Å². The van der Waals surface area contributed by atoms with E-state index in [0.717, 1.165) is 26.0 Å². The third kappa shape index (κ3) is 10.5. The van der Waals surface area contributed by atoms with E-state index in [1.165, 1.54) is 69.9 Å². The molecule has 4 aliphatic heterocycles. The number of anilines is 2. The molecule has 66 heavy (non-hydrogen) atoms. The number of aliphatic hydroxyl groups excluding tert-OH is 2. The molecule has 1 aromatic heterocycles. The van der Waals surface area contributed by atoms with Gasteiger partial charge in [-0.05, 0) is 94.9 Å². The SMILES string of the molecule is C=C1C[C@H]2[C@H](O)N(C(=O)OCC(C)SSc3ccccn3)c3cc(OCCCCCOc4cc5c(cc4OC)C(=O)N4CC(=C)C[C@H]4[C@H](O)N5C(=O)OC(C)(C)C)c(OC)cc3C(=O)N2C1. The summed E-state index contributed by atoms with van der Waals surface area (Å²) in [6.45, 7) is 16.1. The van der Waals surface area contributed by atoms with Gasteiger partial charge in [0.15, 0.2) is 35.5 Å². The molecule has 19 heteroatoms. The Bertz CT molecular complexity index is 2340. The van der Waals surface area contributed by atoms with Crippen LogP contribution in [0.25, 0.3) is 0 Å². The van der Waals surface area contributed by atoms with Crippen LogP contribution in [0.3, 0.4) is 0 Å². The molecule has 2 N–H and O–H groups in total. The Labute approximate surface area is 392 Å². The number of hydrogen-bond acceptors (Lipinski definition) is 15. The standard InChI is InChI=1S/C47H57N5O12S2/c1-27-18-34-43(55)51(45(57)63-26-29(3)65-66-40-14-10-11-15-48-40)32-22-38(36(59-7)20-30(32)41(53)49(34)24-27)61-16-12-9-13-17-62-39-23-33-31(21-37(39)60-8)42(54)50-25-28(2)19-35(50)44(56)52(33)46(58)64-47(4,5)6/h10-11,14-15,20-23,29,34-35,43-44,55-56H,1-2,9,12-13,16-19,24-26H2,3-8H3/t29?,34-,35-,43-,44-/m0/s1. The van der Waals surface area contributed by atoms with Crippen molar-refractivity contribution < 1.29 is 57.8 Å². The van der Waals surface area contributed by atoms with E-state index in [2.05, 4.69) is 18.1 Å². The summed E-state index contributed by atoms with van der Waals surface area (Å²) >= 11 is 0. The Morgan fingerprint density at radius 2 is 1.30 bits per heavy atom. The van der Waals surface area contributed by atoms with E-state index in [1.807, 2.05) is 25.1 Å². The number of unbranched alkanes of at least 4 members (excludes halogenated alkanes) is 2. The maximum absolute atomic E-state index is 14.0. The van der Waals surface area contributed by atoms with Crippen molar-refractivity contribution in [1.82, 2.24) is 14.8 Å². The summed E-state index contributed by atoms with van der Waals surface area (Å²) < 4.78 is 35.2. The monoisotopic (exact) mass is 947 g/mol. The number of pyridine rings is 1. The topological polar surface area (TPSA) is 190 Å². The van der Waals surface area contributed by atoms with Crippen molar-refractivity contribution in [1.29, 1.82) is 0 Å². The third-order valence-electron chi connectivity index (χ3n) is 11.3. The van der Waals surface area contributed by atoms with E-state index >= 15 is 0 Å². The van der Waals surface area contributed by atoms with Crippen LogP contribution in [-0.2, 0) is 9.47 Å². The maximum Gasteiger partial charge on any atom is 0.417 e. The van der Waals surface area contributed by atoms with Crippen LogP contribution >= 0.6 is 21.6 Å². The van der Waals surface area contributed by atoms with Gasteiger partial charge in [-0.3, -0.25) is 9.59 Å². The zero-order valence-corrected chi connectivity index (χ0v) is 39.7. The van der Waals surface area contributed by atoms with Crippen molar-refractivity contribution in [2.45, 2.75) is 100 Å². The number of hydrogen-bond donors (Lipinski definition) is 2. The van der Waals surface area contributed by atoms with Gasteiger partial charge in [-0.1, -0.05) is 41.2 Å². The third-order valence-corrected chi connectivity index (χ3v) is 14.1. The lowest BCUT2D eigenvalue weighted by molar-refractivity contribution is 0.0310. The lowest BCUT2D eigenvalue weighted by Crippen LogP contribution is -2.51. The van der Waals surface area contributed by atoms with Crippen LogP contribution in [0.1, 0.15) is 80.5 Å². The van der Waals surface area contributed by atoms with Crippen molar-refractivity contribution in [3.05, 3.63) is 84.1 Å². The number of aromatic nitrogens is 1. The Morgan fingerprint density at radius 3 is 1.77 bits per heavy atom. The second-order valence-corrected chi connectivity index (χ2v) is 20.1. The highest BCUT2D eigenvalue weighted by Crippen LogP contribution is 2.44. The van der Waals surface area contributed by atoms with E-state index in [-0.39, 0.29) is 95.5 Å². The van der Waals surface area contributed by atoms with Gasteiger partial charge in [0.05, 0.1) is 62.0 Å². The maximum atomic E-state index is 14.0. The Kier molecular flexibility index (Phi) is 15.0. The minimum Gasteiger partial charge on any atom is -0.493 e. The molecule has 2 saturated heterocycles. The fourth-order valence-electron chi connectivity index (χ4n) is 8.24. The second kappa shape index (κ2) is 20.5. The van der Waals surface area contributed by atoms with Crippen LogP contribution < -0.4 is 28.7 Å². The largest absolute Gasteiger partial charge is 0.493 e. The number of fused-ring (bicyclic) bond motifs is 4. The highest BCUT2D eigenvalue weighted by Gasteiger charge is 2.48. The number of carbonyl (C=O) groups excluding carboxylic acids is 4. The number of aliphatic hydroxyl groups is 2. The number of ether oxygens (including phenoxy) is 6. The predicted octanol–water partition coefficient (Wildman–Crippen LogP) is 7.45. The molecular weight excluding hydrogens is 891 g/mol. The molecule has 7 rings (SSSR count). The lowest BCUT2D eigenvalue weighted by Gasteiger charge is -2.33. The fraction of sp³-hybridized carbons (Fsp3) is 0.468. The molecular formula is C47H57N5O12S2. The minimum absolute atomic E-state index is 0.0304. The van der Waals surface area contributed by atoms with Gasteiger partial charge in [-0.2, -0.15) is 0 Å². The number of nitrogens with zero attached hydrogens (tertiary/aromatic N) is 5. The van der Waals surface area contributed by atoms with Crippen molar-refractivity contribution >= 4 is 57.0 Å². The van der Waals surface area contributed by atoms with Gasteiger partial charge in [0.2, 0.25) is 0 Å². The molecule has 17 nitrogen and oxygen atoms in total. The summed E-state index contributed by atoms with van der Waals surface area (Å²) in [6, 6.07) is 10.2. The first-order valence-electron chi connectivity index (χ1n) is 21.7. The van der Waals surface area contributed by atoms with Crippen molar-refractivity contribution in [3.63, 3.8) is 0 Å². The summed E-state index contributed by atoms with van der Waals surface area (Å²) in [5, 5.41) is 24.0. The number of rotatable bonds is 15. The number of amides is 4. The fourth-order valence-corrected chi connectivity index (χ4v) is 10.1. The lowest BCUT2D eigenvalue weighted by atomic mass is 10.1. The molecule has 0 radical (unpaired) electrons. The van der Waals surface area contributed by atoms with Crippen LogP contribution in [0.2, 0.25) is 0 Å². The van der Waals surface area contributed by atoms with Gasteiger partial charge in [0, 0.05) is 36.7 Å². The summed E-state index contributed by atoms with van der Waals surface area (Å²) in [6.07, 6.45) is -0.360. The average Bonchev–Trinajstić information content (AvgIpc) is 3.85. The molecule has 0 saturated carbocycles. The van der Waals surface area contributed by atoms with Gasteiger partial charge in [0.25, 0.3) is 11.8 Å². The quantitative estimate of drug-likeness (QED) is 0.0868. The summed E-state index contributed by atoms with van der Waals surface area (Å²) in [4.78, 5) is 65.1. The molecule has 5 heterocycles. The molecule has 5 atom stereocenters. The van der Waals surface area contributed by atoms with Crippen LogP contribution in [0, 0.1) is 0 Å². The Morgan fingerprint density at radius 1 is 0.788 bits per heavy atom. The van der Waals surface area contributed by atoms with E-state index in [9.17, 15) is 29.4 Å². The van der Waals surface area contributed by atoms with Gasteiger partial charge >= 0.3 is 12.2 Å². The van der Waals surface area contributed by atoms with E-state index in [1.54, 1.807) is 27.0 Å². The molecule has 1 unspecified atom stereocenters. The molecule has 3 aromatic rings. The first-order chi connectivity index (χ1) is 31.5. The second-order valence-electron chi connectivity index (χ2n) is 17.5. The smallest absolute Gasteiger partial charge is 0.417 e. The molecule has 2 fully saturated rings. The summed E-state index contributed by atoms with van der Waals surface area (Å²) in [5.41, 5.74) is 1.19. The predicted molar refractivity (Wildman–Crippen MR) is 250 cm³/mol. The summed E-state index contributed by atoms with van der Waals surface area (Å²) in [5.74, 6) is 0.304. The van der Waals surface area contributed by atoms with Crippen LogP contribution in [0.4, 0.5) is 21.0 Å². The zero-order chi connectivity index (χ0) is 47.4.